The zero-order chi connectivity index (χ0) is 23.1. The van der Waals surface area contributed by atoms with Gasteiger partial charge in [0.15, 0.2) is 0 Å². The summed E-state index contributed by atoms with van der Waals surface area (Å²) in [5.41, 5.74) is 7.77. The summed E-state index contributed by atoms with van der Waals surface area (Å²) < 4.78 is 0. The Kier molecular flexibility index (Phi) is 8.11. The third-order valence-corrected chi connectivity index (χ3v) is 4.75. The van der Waals surface area contributed by atoms with Crippen LogP contribution in [0.2, 0.25) is 0 Å². The zero-order valence-corrected chi connectivity index (χ0v) is 17.2. The van der Waals surface area contributed by atoms with Crippen LogP contribution in [0, 0.1) is 0 Å². The first-order valence-corrected chi connectivity index (χ1v) is 9.69. The lowest BCUT2D eigenvalue weighted by molar-refractivity contribution is -0.142. The Morgan fingerprint density at radius 2 is 1.65 bits per heavy atom. The Morgan fingerprint density at radius 3 is 2.29 bits per heavy atom. The molecule has 0 aliphatic carbocycles. The zero-order valence-electron chi connectivity index (χ0n) is 17.2. The van der Waals surface area contributed by atoms with Crippen molar-refractivity contribution in [3.63, 3.8) is 0 Å². The van der Waals surface area contributed by atoms with Crippen molar-refractivity contribution in [1.82, 2.24) is 20.9 Å². The van der Waals surface area contributed by atoms with Crippen LogP contribution in [0.1, 0.15) is 19.4 Å². The lowest BCUT2D eigenvalue weighted by Gasteiger charge is -2.21. The van der Waals surface area contributed by atoms with E-state index in [0.717, 1.165) is 16.5 Å². The van der Waals surface area contributed by atoms with Crippen molar-refractivity contribution in [2.24, 2.45) is 5.73 Å². The van der Waals surface area contributed by atoms with Crippen LogP contribution < -0.4 is 21.7 Å². The first-order valence-electron chi connectivity index (χ1n) is 9.69. The molecule has 4 unspecified atom stereocenters. The van der Waals surface area contributed by atoms with Gasteiger partial charge in [0.1, 0.15) is 18.1 Å². The van der Waals surface area contributed by atoms with E-state index in [1.807, 2.05) is 24.3 Å². The number of carbonyl (C=O) groups excluding carboxylic acids is 3. The standard InChI is InChI=1S/C20H27N5O6/c1-10(17(27)25-16(9-26)19(29)24-11(2)20(30)31)23-18(28)14(21)7-12-8-22-15-6-4-3-5-13(12)15/h3-6,8,10-11,14,16,22,26H,7,9,21H2,1-2H3,(H,23,28)(H,24,29)(H,25,27)(H,30,31). The van der Waals surface area contributed by atoms with Gasteiger partial charge >= 0.3 is 5.97 Å². The van der Waals surface area contributed by atoms with Gasteiger partial charge in [0, 0.05) is 17.1 Å². The normalized spacial score (nSPS) is 14.8. The minimum absolute atomic E-state index is 0.249. The first-order chi connectivity index (χ1) is 14.6. The average molecular weight is 433 g/mol. The van der Waals surface area contributed by atoms with Crippen LogP contribution in [0.25, 0.3) is 10.9 Å². The number of fused-ring (bicyclic) bond motifs is 1. The van der Waals surface area contributed by atoms with Crippen LogP contribution in [-0.4, -0.2) is 69.7 Å². The van der Waals surface area contributed by atoms with Crippen molar-refractivity contribution in [3.8, 4) is 0 Å². The molecule has 8 N–H and O–H groups in total. The SMILES string of the molecule is CC(NC(=O)C(CO)NC(=O)C(C)NC(=O)C(N)Cc1c[nH]c2ccccc12)C(=O)O. The van der Waals surface area contributed by atoms with Crippen molar-refractivity contribution < 1.29 is 29.4 Å². The fourth-order valence-electron chi connectivity index (χ4n) is 2.88. The molecule has 1 aromatic carbocycles. The molecule has 0 aliphatic heterocycles. The van der Waals surface area contributed by atoms with Gasteiger partial charge in [0.2, 0.25) is 17.7 Å². The summed E-state index contributed by atoms with van der Waals surface area (Å²) in [5, 5.41) is 26.0. The van der Waals surface area contributed by atoms with Crippen molar-refractivity contribution >= 4 is 34.6 Å². The second kappa shape index (κ2) is 10.5. The Balaban J connectivity index is 1.90. The maximum Gasteiger partial charge on any atom is 0.325 e. The molecular formula is C20H27N5O6. The molecule has 0 saturated carbocycles. The van der Waals surface area contributed by atoms with E-state index in [0.29, 0.717) is 0 Å². The fourth-order valence-corrected chi connectivity index (χ4v) is 2.88. The van der Waals surface area contributed by atoms with Crippen molar-refractivity contribution in [3.05, 3.63) is 36.0 Å². The molecule has 0 saturated heterocycles. The van der Waals surface area contributed by atoms with Crippen LogP contribution in [0.4, 0.5) is 0 Å². The van der Waals surface area contributed by atoms with E-state index in [1.54, 1.807) is 6.20 Å². The van der Waals surface area contributed by atoms with Gasteiger partial charge in [-0.3, -0.25) is 19.2 Å². The number of aliphatic hydroxyl groups is 1. The molecule has 0 fully saturated rings. The molecule has 0 radical (unpaired) electrons. The van der Waals surface area contributed by atoms with Crippen LogP contribution in [0.3, 0.4) is 0 Å². The summed E-state index contributed by atoms with van der Waals surface area (Å²) in [7, 11) is 0. The minimum Gasteiger partial charge on any atom is -0.480 e. The molecule has 1 aromatic heterocycles. The molecule has 0 spiro atoms. The molecule has 0 bridgehead atoms. The van der Waals surface area contributed by atoms with Gasteiger partial charge in [0.05, 0.1) is 12.6 Å². The van der Waals surface area contributed by atoms with Crippen LogP contribution in [-0.2, 0) is 25.6 Å². The van der Waals surface area contributed by atoms with Gasteiger partial charge in [-0.2, -0.15) is 0 Å². The number of hydrogen-bond acceptors (Lipinski definition) is 6. The predicted octanol–water partition coefficient (Wildman–Crippen LogP) is -1.39. The largest absolute Gasteiger partial charge is 0.480 e. The number of rotatable bonds is 10. The summed E-state index contributed by atoms with van der Waals surface area (Å²) in [6.45, 7) is 1.90. The highest BCUT2D eigenvalue weighted by Gasteiger charge is 2.27. The number of amides is 3. The molecule has 2 aromatic rings. The van der Waals surface area contributed by atoms with Crippen LogP contribution >= 0.6 is 0 Å². The number of benzene rings is 1. The Bertz CT molecular complexity index is 958. The molecule has 168 valence electrons. The van der Waals surface area contributed by atoms with Crippen molar-refractivity contribution in [2.75, 3.05) is 6.61 Å². The number of aromatic amines is 1. The van der Waals surface area contributed by atoms with E-state index in [-0.39, 0.29) is 6.42 Å². The smallest absolute Gasteiger partial charge is 0.325 e. The molecule has 0 aliphatic rings. The number of hydrogen-bond donors (Lipinski definition) is 7. The molecule has 31 heavy (non-hydrogen) atoms. The average Bonchev–Trinajstić information content (AvgIpc) is 3.14. The third-order valence-electron chi connectivity index (χ3n) is 4.75. The summed E-state index contributed by atoms with van der Waals surface area (Å²) in [5.74, 6) is -3.41. The van der Waals surface area contributed by atoms with Crippen LogP contribution in [0.5, 0.6) is 0 Å². The Morgan fingerprint density at radius 1 is 1.00 bits per heavy atom. The quantitative estimate of drug-likeness (QED) is 0.240. The lowest BCUT2D eigenvalue weighted by Crippen LogP contribution is -2.57. The highest BCUT2D eigenvalue weighted by atomic mass is 16.4. The monoisotopic (exact) mass is 433 g/mol. The van der Waals surface area contributed by atoms with Gasteiger partial charge in [-0.25, -0.2) is 0 Å². The van der Waals surface area contributed by atoms with Crippen LogP contribution in [0.15, 0.2) is 30.5 Å². The molecule has 11 nitrogen and oxygen atoms in total. The number of nitrogens with two attached hydrogens (primary N) is 1. The van der Waals surface area contributed by atoms with Gasteiger partial charge in [-0.1, -0.05) is 18.2 Å². The number of nitrogens with one attached hydrogen (secondary N) is 4. The number of carboxylic acids is 1. The van der Waals surface area contributed by atoms with E-state index >= 15 is 0 Å². The number of carboxylic acid groups (broad SMARTS) is 1. The number of aromatic nitrogens is 1. The lowest BCUT2D eigenvalue weighted by atomic mass is 10.0. The number of H-pyrrole nitrogens is 1. The van der Waals surface area contributed by atoms with E-state index in [4.69, 9.17) is 10.8 Å². The molecule has 4 atom stereocenters. The Hall–Kier alpha value is -3.44. The van der Waals surface area contributed by atoms with E-state index in [9.17, 15) is 24.3 Å². The molecular weight excluding hydrogens is 406 g/mol. The maximum absolute atomic E-state index is 12.4. The molecule has 2 rings (SSSR count). The van der Waals surface area contributed by atoms with Crippen molar-refractivity contribution in [2.45, 2.75) is 44.4 Å². The molecule has 11 heteroatoms. The second-order valence-electron chi connectivity index (χ2n) is 7.21. The number of aliphatic carboxylic acids is 1. The fraction of sp³-hybridized carbons (Fsp3) is 0.400. The van der Waals surface area contributed by atoms with E-state index in [1.165, 1.54) is 13.8 Å². The highest BCUT2D eigenvalue weighted by molar-refractivity contribution is 5.94. The number of aliphatic hydroxyl groups excluding tert-OH is 1. The van der Waals surface area contributed by atoms with E-state index < -0.39 is 54.5 Å². The summed E-state index contributed by atoms with van der Waals surface area (Å²) in [6.07, 6.45) is 2.02. The molecule has 3 amide bonds. The van der Waals surface area contributed by atoms with Crippen molar-refractivity contribution in [1.29, 1.82) is 0 Å². The van der Waals surface area contributed by atoms with Gasteiger partial charge in [-0.05, 0) is 31.9 Å². The highest BCUT2D eigenvalue weighted by Crippen LogP contribution is 2.18. The predicted molar refractivity (Wildman–Crippen MR) is 112 cm³/mol. The van der Waals surface area contributed by atoms with Gasteiger partial charge in [-0.15, -0.1) is 0 Å². The first kappa shape index (κ1) is 23.8. The Labute approximate surface area is 178 Å². The number of carbonyl (C=O) groups is 4. The molecule has 1 heterocycles. The third kappa shape index (κ3) is 6.27. The number of para-hydroxylation sites is 1. The van der Waals surface area contributed by atoms with E-state index in [2.05, 4.69) is 20.9 Å². The minimum atomic E-state index is -1.37. The topological polar surface area (TPSA) is 187 Å². The second-order valence-corrected chi connectivity index (χ2v) is 7.21. The summed E-state index contributed by atoms with van der Waals surface area (Å²) in [6, 6.07) is 3.06. The summed E-state index contributed by atoms with van der Waals surface area (Å²) >= 11 is 0. The van der Waals surface area contributed by atoms with Gasteiger partial charge in [0.25, 0.3) is 0 Å². The van der Waals surface area contributed by atoms with Gasteiger partial charge < -0.3 is 36.9 Å². The maximum atomic E-state index is 12.4. The summed E-state index contributed by atoms with van der Waals surface area (Å²) in [4.78, 5) is 50.6.